The first-order chi connectivity index (χ1) is 9.86. The largest absolute Gasteiger partial charge is 0.394 e. The maximum Gasteiger partial charge on any atom is 0.274 e. The lowest BCUT2D eigenvalue weighted by molar-refractivity contribution is 0.306. The van der Waals surface area contributed by atoms with Crippen LogP contribution >= 0.6 is 11.3 Å². The number of halogens is 2. The number of aliphatic hydroxyl groups is 1. The molecule has 4 nitrogen and oxygen atoms in total. The van der Waals surface area contributed by atoms with Crippen molar-refractivity contribution in [3.05, 3.63) is 46.8 Å². The minimum Gasteiger partial charge on any atom is -0.394 e. The van der Waals surface area contributed by atoms with Crippen LogP contribution in [0.15, 0.2) is 34.5 Å². The first-order valence-electron chi connectivity index (χ1n) is 6.01. The van der Waals surface area contributed by atoms with E-state index in [1.807, 2.05) is 0 Å². The molecule has 0 fully saturated rings. The molecule has 1 heterocycles. The minimum absolute atomic E-state index is 0.0391. The molecule has 0 spiro atoms. The van der Waals surface area contributed by atoms with Gasteiger partial charge in [0.05, 0.1) is 18.8 Å². The highest BCUT2D eigenvalue weighted by atomic mass is 32.2. The molecule has 8 heteroatoms. The van der Waals surface area contributed by atoms with Crippen LogP contribution in [0.25, 0.3) is 0 Å². The van der Waals surface area contributed by atoms with Gasteiger partial charge in [0.1, 0.15) is 15.8 Å². The fraction of sp³-hybridized carbons (Fsp3) is 0.231. The first-order valence-corrected chi connectivity index (χ1v) is 8.27. The maximum atomic E-state index is 13.9. The fourth-order valence-corrected chi connectivity index (χ4v) is 4.67. The van der Waals surface area contributed by atoms with Gasteiger partial charge >= 0.3 is 0 Å². The summed E-state index contributed by atoms with van der Waals surface area (Å²) in [5, 5.41) is 9.06. The zero-order chi connectivity index (χ0) is 15.6. The number of anilines is 1. The van der Waals surface area contributed by atoms with Gasteiger partial charge in [0.25, 0.3) is 10.0 Å². The summed E-state index contributed by atoms with van der Waals surface area (Å²) in [4.78, 5) is 0.789. The van der Waals surface area contributed by atoms with Crippen LogP contribution in [-0.4, -0.2) is 26.7 Å². The Morgan fingerprint density at radius 1 is 1.24 bits per heavy atom. The molecule has 0 aliphatic heterocycles. The summed E-state index contributed by atoms with van der Waals surface area (Å²) in [6, 6.07) is 5.67. The van der Waals surface area contributed by atoms with Crippen LogP contribution < -0.4 is 4.31 Å². The molecule has 2 aromatic rings. The number of aliphatic hydroxyl groups excluding tert-OH is 1. The van der Waals surface area contributed by atoms with Gasteiger partial charge in [-0.25, -0.2) is 17.2 Å². The third-order valence-corrected chi connectivity index (χ3v) is 6.02. The van der Waals surface area contributed by atoms with Gasteiger partial charge in [-0.15, -0.1) is 11.3 Å². The van der Waals surface area contributed by atoms with Crippen LogP contribution in [0, 0.1) is 18.6 Å². The molecule has 1 N–H and O–H groups in total. The average Bonchev–Trinajstić information content (AvgIpc) is 2.84. The first kappa shape index (κ1) is 15.9. The molecule has 0 radical (unpaired) electrons. The number of aryl methyl sites for hydroxylation is 1. The van der Waals surface area contributed by atoms with Crippen LogP contribution in [0.5, 0.6) is 0 Å². The zero-order valence-corrected chi connectivity index (χ0v) is 12.7. The Hall–Kier alpha value is -1.51. The van der Waals surface area contributed by atoms with Gasteiger partial charge in [0.15, 0.2) is 0 Å². The number of hydrogen-bond acceptors (Lipinski definition) is 4. The number of benzene rings is 1. The molecule has 0 bridgehead atoms. The summed E-state index contributed by atoms with van der Waals surface area (Å²) >= 11 is 1.04. The average molecular weight is 333 g/mol. The minimum atomic E-state index is -4.00. The van der Waals surface area contributed by atoms with Gasteiger partial charge in [-0.2, -0.15) is 0 Å². The van der Waals surface area contributed by atoms with Crippen molar-refractivity contribution >= 4 is 27.0 Å². The van der Waals surface area contributed by atoms with Gasteiger partial charge in [-0.1, -0.05) is 0 Å². The smallest absolute Gasteiger partial charge is 0.274 e. The molecule has 0 unspecified atom stereocenters. The van der Waals surface area contributed by atoms with Crippen molar-refractivity contribution in [1.29, 1.82) is 0 Å². The van der Waals surface area contributed by atoms with Crippen molar-refractivity contribution in [1.82, 2.24) is 0 Å². The number of sulfonamides is 1. The summed E-state index contributed by atoms with van der Waals surface area (Å²) in [6.45, 7) is 0.945. The van der Waals surface area contributed by atoms with Crippen LogP contribution in [0.1, 0.15) is 4.88 Å². The third-order valence-electron chi connectivity index (χ3n) is 2.74. The summed E-state index contributed by atoms with van der Waals surface area (Å²) in [7, 11) is -4.00. The van der Waals surface area contributed by atoms with E-state index in [4.69, 9.17) is 5.11 Å². The molecule has 0 atom stereocenters. The van der Waals surface area contributed by atoms with Gasteiger partial charge < -0.3 is 5.11 Å². The van der Waals surface area contributed by atoms with Crippen molar-refractivity contribution in [2.75, 3.05) is 17.5 Å². The highest BCUT2D eigenvalue weighted by Gasteiger charge is 2.28. The Morgan fingerprint density at radius 3 is 2.48 bits per heavy atom. The number of nitrogens with zero attached hydrogens (tertiary/aromatic N) is 1. The summed E-state index contributed by atoms with van der Waals surface area (Å²) in [6.07, 6.45) is 0. The zero-order valence-electron chi connectivity index (χ0n) is 11.1. The summed E-state index contributed by atoms with van der Waals surface area (Å²) in [5.41, 5.74) is -0.295. The normalized spacial score (nSPS) is 11.6. The van der Waals surface area contributed by atoms with Crippen LogP contribution in [0.3, 0.4) is 0 Å². The van der Waals surface area contributed by atoms with E-state index in [1.54, 1.807) is 13.0 Å². The standard InChI is InChI=1S/C13H13F2NO3S2/c1-9-2-5-13(20-9)21(18,19)16(6-7-17)12-4-3-10(14)8-11(12)15/h2-5,8,17H,6-7H2,1H3. The highest BCUT2D eigenvalue weighted by Crippen LogP contribution is 2.30. The summed E-state index contributed by atoms with van der Waals surface area (Å²) < 4.78 is 52.7. The number of thiophene rings is 1. The Balaban J connectivity index is 2.52. The molecule has 0 saturated heterocycles. The van der Waals surface area contributed by atoms with E-state index in [2.05, 4.69) is 0 Å². The molecule has 21 heavy (non-hydrogen) atoms. The van der Waals surface area contributed by atoms with E-state index >= 15 is 0 Å². The van der Waals surface area contributed by atoms with Crippen LogP contribution in [0.2, 0.25) is 0 Å². The molecule has 1 aromatic carbocycles. The van der Waals surface area contributed by atoms with E-state index in [-0.39, 0.29) is 16.4 Å². The highest BCUT2D eigenvalue weighted by molar-refractivity contribution is 7.94. The topological polar surface area (TPSA) is 57.6 Å². The molecular formula is C13H13F2NO3S2. The molecule has 114 valence electrons. The Morgan fingerprint density at radius 2 is 1.95 bits per heavy atom. The van der Waals surface area contributed by atoms with E-state index < -0.39 is 28.3 Å². The van der Waals surface area contributed by atoms with E-state index in [0.29, 0.717) is 6.07 Å². The quantitative estimate of drug-likeness (QED) is 0.915. The molecule has 0 aliphatic rings. The van der Waals surface area contributed by atoms with E-state index in [1.165, 1.54) is 6.07 Å². The lowest BCUT2D eigenvalue weighted by Crippen LogP contribution is -2.33. The van der Waals surface area contributed by atoms with Crippen molar-refractivity contribution < 1.29 is 22.3 Å². The number of hydrogen-bond donors (Lipinski definition) is 1. The van der Waals surface area contributed by atoms with Crippen molar-refractivity contribution in [2.45, 2.75) is 11.1 Å². The van der Waals surface area contributed by atoms with Crippen molar-refractivity contribution in [2.24, 2.45) is 0 Å². The molecule has 2 rings (SSSR count). The Bertz CT molecular complexity index is 744. The maximum absolute atomic E-state index is 13.9. The van der Waals surface area contributed by atoms with Crippen molar-refractivity contribution in [3.8, 4) is 0 Å². The Labute approximate surface area is 125 Å². The summed E-state index contributed by atoms with van der Waals surface area (Å²) in [5.74, 6) is -1.80. The van der Waals surface area contributed by atoms with Gasteiger partial charge in [0.2, 0.25) is 0 Å². The fourth-order valence-electron chi connectivity index (χ4n) is 1.80. The predicted molar refractivity (Wildman–Crippen MR) is 77.0 cm³/mol. The molecule has 1 aromatic heterocycles. The van der Waals surface area contributed by atoms with E-state index in [0.717, 1.165) is 32.7 Å². The lowest BCUT2D eigenvalue weighted by atomic mass is 10.3. The van der Waals surface area contributed by atoms with E-state index in [9.17, 15) is 17.2 Å². The lowest BCUT2D eigenvalue weighted by Gasteiger charge is -2.23. The molecule has 0 aliphatic carbocycles. The third kappa shape index (κ3) is 3.22. The molecular weight excluding hydrogens is 320 g/mol. The van der Waals surface area contributed by atoms with Gasteiger partial charge in [-0.05, 0) is 31.2 Å². The second-order valence-corrected chi connectivity index (χ2v) is 7.64. The SMILES string of the molecule is Cc1ccc(S(=O)(=O)N(CCO)c2ccc(F)cc2F)s1. The monoisotopic (exact) mass is 333 g/mol. The van der Waals surface area contributed by atoms with Crippen molar-refractivity contribution in [3.63, 3.8) is 0 Å². The second kappa shape index (κ2) is 6.08. The second-order valence-electron chi connectivity index (χ2n) is 4.26. The van der Waals surface area contributed by atoms with Gasteiger partial charge in [-0.3, -0.25) is 4.31 Å². The van der Waals surface area contributed by atoms with Gasteiger partial charge in [0, 0.05) is 10.9 Å². The predicted octanol–water partition coefficient (Wildman–Crippen LogP) is 2.52. The Kier molecular flexibility index (Phi) is 4.60. The van der Waals surface area contributed by atoms with Crippen LogP contribution in [-0.2, 0) is 10.0 Å². The van der Waals surface area contributed by atoms with Crippen LogP contribution in [0.4, 0.5) is 14.5 Å². The molecule has 0 saturated carbocycles. The molecule has 0 amide bonds. The number of rotatable bonds is 5.